The summed E-state index contributed by atoms with van der Waals surface area (Å²) < 4.78 is 5.46. The third kappa shape index (κ3) is 7.53. The zero-order valence-corrected chi connectivity index (χ0v) is 12.5. The van der Waals surface area contributed by atoms with Crippen molar-refractivity contribution in [1.82, 2.24) is 10.6 Å². The van der Waals surface area contributed by atoms with Crippen molar-refractivity contribution in [3.8, 4) is 0 Å². The Balaban J connectivity index is 1.98. The lowest BCUT2D eigenvalue weighted by molar-refractivity contribution is -0.122. The number of unbranched alkanes of at least 4 members (excludes halogenated alkanes) is 1. The Labute approximate surface area is 117 Å². The molecule has 4 heteroatoms. The van der Waals surface area contributed by atoms with Gasteiger partial charge in [0, 0.05) is 32.2 Å². The second-order valence-electron chi connectivity index (χ2n) is 5.55. The van der Waals surface area contributed by atoms with Gasteiger partial charge in [-0.05, 0) is 38.1 Å². The second kappa shape index (κ2) is 10.2. The van der Waals surface area contributed by atoms with Gasteiger partial charge in [-0.25, -0.2) is 0 Å². The van der Waals surface area contributed by atoms with Crippen LogP contribution >= 0.6 is 0 Å². The highest BCUT2D eigenvalue weighted by atomic mass is 16.5. The lowest BCUT2D eigenvalue weighted by Crippen LogP contribution is -2.43. The highest BCUT2D eigenvalue weighted by Crippen LogP contribution is 2.17. The first-order chi connectivity index (χ1) is 9.24. The molecule has 0 spiro atoms. The molecule has 1 saturated heterocycles. The van der Waals surface area contributed by atoms with Crippen molar-refractivity contribution in [3.05, 3.63) is 0 Å². The zero-order valence-electron chi connectivity index (χ0n) is 12.5. The van der Waals surface area contributed by atoms with Crippen LogP contribution in [0.25, 0.3) is 0 Å². The number of ether oxygens (including phenoxy) is 1. The Morgan fingerprint density at radius 3 is 2.89 bits per heavy atom. The number of nitrogens with one attached hydrogen (secondary N) is 2. The van der Waals surface area contributed by atoms with Gasteiger partial charge >= 0.3 is 0 Å². The Morgan fingerprint density at radius 1 is 1.37 bits per heavy atom. The molecule has 1 amide bonds. The summed E-state index contributed by atoms with van der Waals surface area (Å²) in [4.78, 5) is 11.8. The molecule has 0 aromatic heterocycles. The molecule has 1 fully saturated rings. The lowest BCUT2D eigenvalue weighted by atomic mass is 9.90. The Hall–Kier alpha value is -0.610. The van der Waals surface area contributed by atoms with Crippen molar-refractivity contribution >= 4 is 5.91 Å². The third-order valence-electron chi connectivity index (χ3n) is 3.76. The number of piperidine rings is 1. The molecule has 0 aromatic rings. The van der Waals surface area contributed by atoms with Gasteiger partial charge in [0.05, 0.1) is 0 Å². The molecule has 2 atom stereocenters. The molecule has 1 rings (SSSR count). The van der Waals surface area contributed by atoms with E-state index in [1.807, 2.05) is 0 Å². The first-order valence-corrected chi connectivity index (χ1v) is 7.82. The first-order valence-electron chi connectivity index (χ1n) is 7.82. The van der Waals surface area contributed by atoms with Crippen molar-refractivity contribution in [2.45, 2.75) is 58.4 Å². The standard InChI is InChI=1S/C15H30N2O2/c1-3-4-10-19-11-6-9-17-15(18)12-14-13(2)7-5-8-16-14/h13-14,16H,3-12H2,1-2H3,(H,17,18). The molecule has 0 saturated carbocycles. The number of rotatable bonds is 9. The summed E-state index contributed by atoms with van der Waals surface area (Å²) in [6.45, 7) is 7.75. The van der Waals surface area contributed by atoms with Crippen LogP contribution in [-0.4, -0.2) is 38.3 Å². The normalized spacial score (nSPS) is 23.3. The average Bonchev–Trinajstić information content (AvgIpc) is 2.40. The van der Waals surface area contributed by atoms with Gasteiger partial charge in [-0.2, -0.15) is 0 Å². The molecule has 1 aliphatic heterocycles. The molecule has 0 radical (unpaired) electrons. The molecule has 0 bridgehead atoms. The van der Waals surface area contributed by atoms with Crippen molar-refractivity contribution < 1.29 is 9.53 Å². The topological polar surface area (TPSA) is 50.4 Å². The number of carbonyl (C=O) groups excluding carboxylic acids is 1. The van der Waals surface area contributed by atoms with Crippen LogP contribution in [0.4, 0.5) is 0 Å². The van der Waals surface area contributed by atoms with Gasteiger partial charge in [0.15, 0.2) is 0 Å². The fraction of sp³-hybridized carbons (Fsp3) is 0.933. The van der Waals surface area contributed by atoms with Crippen molar-refractivity contribution in [3.63, 3.8) is 0 Å². The van der Waals surface area contributed by atoms with Crippen LogP contribution in [0, 0.1) is 5.92 Å². The van der Waals surface area contributed by atoms with Crippen LogP contribution in [0.2, 0.25) is 0 Å². The summed E-state index contributed by atoms with van der Waals surface area (Å²) in [5.74, 6) is 0.775. The quantitative estimate of drug-likeness (QED) is 0.631. The fourth-order valence-electron chi connectivity index (χ4n) is 2.41. The molecule has 2 unspecified atom stereocenters. The van der Waals surface area contributed by atoms with Crippen LogP contribution < -0.4 is 10.6 Å². The van der Waals surface area contributed by atoms with Crippen LogP contribution in [0.1, 0.15) is 52.4 Å². The molecule has 4 nitrogen and oxygen atoms in total. The van der Waals surface area contributed by atoms with E-state index in [9.17, 15) is 4.79 Å². The van der Waals surface area contributed by atoms with Gasteiger partial charge in [0.2, 0.25) is 5.91 Å². The maximum atomic E-state index is 11.8. The van der Waals surface area contributed by atoms with E-state index in [0.29, 0.717) is 18.4 Å². The molecule has 19 heavy (non-hydrogen) atoms. The van der Waals surface area contributed by atoms with Gasteiger partial charge in [-0.3, -0.25) is 4.79 Å². The molecule has 0 aliphatic carbocycles. The molecular formula is C15H30N2O2. The Bertz CT molecular complexity index is 246. The van der Waals surface area contributed by atoms with Gasteiger partial charge in [0.1, 0.15) is 0 Å². The minimum atomic E-state index is 0.166. The number of hydrogen-bond donors (Lipinski definition) is 2. The summed E-state index contributed by atoms with van der Waals surface area (Å²) in [6.07, 6.45) is 6.27. The lowest BCUT2D eigenvalue weighted by Gasteiger charge is -2.29. The van der Waals surface area contributed by atoms with Gasteiger partial charge in [-0.1, -0.05) is 20.3 Å². The van der Waals surface area contributed by atoms with E-state index in [1.54, 1.807) is 0 Å². The predicted molar refractivity (Wildman–Crippen MR) is 78.2 cm³/mol. The summed E-state index contributed by atoms with van der Waals surface area (Å²) in [5, 5.41) is 6.42. The van der Waals surface area contributed by atoms with Gasteiger partial charge in [-0.15, -0.1) is 0 Å². The molecular weight excluding hydrogens is 240 g/mol. The minimum absolute atomic E-state index is 0.166. The smallest absolute Gasteiger partial charge is 0.221 e. The predicted octanol–water partition coefficient (Wildman–Crippen LogP) is 2.09. The summed E-state index contributed by atoms with van der Waals surface area (Å²) in [5.41, 5.74) is 0. The number of amides is 1. The summed E-state index contributed by atoms with van der Waals surface area (Å²) in [7, 11) is 0. The van der Waals surface area contributed by atoms with Crippen LogP contribution in [-0.2, 0) is 9.53 Å². The van der Waals surface area contributed by atoms with Crippen molar-refractivity contribution in [2.75, 3.05) is 26.3 Å². The zero-order chi connectivity index (χ0) is 13.9. The second-order valence-corrected chi connectivity index (χ2v) is 5.55. The number of carbonyl (C=O) groups is 1. The van der Waals surface area contributed by atoms with Gasteiger partial charge in [0.25, 0.3) is 0 Å². The molecule has 1 aliphatic rings. The summed E-state index contributed by atoms with van der Waals surface area (Å²) >= 11 is 0. The molecule has 1 heterocycles. The Kier molecular flexibility index (Phi) is 8.84. The first kappa shape index (κ1) is 16.4. The SMILES string of the molecule is CCCCOCCCNC(=O)CC1NCCCC1C. The minimum Gasteiger partial charge on any atom is -0.381 e. The van der Waals surface area contributed by atoms with Crippen molar-refractivity contribution in [1.29, 1.82) is 0 Å². The highest BCUT2D eigenvalue weighted by Gasteiger charge is 2.22. The maximum Gasteiger partial charge on any atom is 0.221 e. The van der Waals surface area contributed by atoms with E-state index in [2.05, 4.69) is 24.5 Å². The largest absolute Gasteiger partial charge is 0.381 e. The van der Waals surface area contributed by atoms with Crippen LogP contribution in [0.5, 0.6) is 0 Å². The van der Waals surface area contributed by atoms with Crippen molar-refractivity contribution in [2.24, 2.45) is 5.92 Å². The van der Waals surface area contributed by atoms with Gasteiger partial charge < -0.3 is 15.4 Å². The summed E-state index contributed by atoms with van der Waals surface area (Å²) in [6, 6.07) is 0.356. The number of hydrogen-bond acceptors (Lipinski definition) is 3. The van der Waals surface area contributed by atoms with E-state index in [0.717, 1.165) is 39.1 Å². The average molecular weight is 270 g/mol. The molecule has 0 aromatic carbocycles. The third-order valence-corrected chi connectivity index (χ3v) is 3.76. The molecule has 2 N–H and O–H groups in total. The van der Waals surface area contributed by atoms with E-state index < -0.39 is 0 Å². The highest BCUT2D eigenvalue weighted by molar-refractivity contribution is 5.76. The van der Waals surface area contributed by atoms with E-state index in [-0.39, 0.29) is 5.91 Å². The van der Waals surface area contributed by atoms with E-state index in [1.165, 1.54) is 19.3 Å². The van der Waals surface area contributed by atoms with Crippen LogP contribution in [0.3, 0.4) is 0 Å². The van der Waals surface area contributed by atoms with E-state index in [4.69, 9.17) is 4.74 Å². The van der Waals surface area contributed by atoms with E-state index >= 15 is 0 Å². The van der Waals surface area contributed by atoms with Crippen LogP contribution in [0.15, 0.2) is 0 Å². The fourth-order valence-corrected chi connectivity index (χ4v) is 2.41. The maximum absolute atomic E-state index is 11.8. The monoisotopic (exact) mass is 270 g/mol. The Morgan fingerprint density at radius 2 is 2.16 bits per heavy atom. The molecule has 112 valence electrons.